The van der Waals surface area contributed by atoms with Crippen molar-refractivity contribution in [1.29, 1.82) is 0 Å². The van der Waals surface area contributed by atoms with Crippen LogP contribution < -0.4 is 20.3 Å². The quantitative estimate of drug-likeness (QED) is 0.392. The van der Waals surface area contributed by atoms with E-state index in [9.17, 15) is 9.59 Å². The molecule has 0 fully saturated rings. The molecule has 4 rings (SSSR count). The number of nitrogens with zero attached hydrogens (tertiary/aromatic N) is 2. The van der Waals surface area contributed by atoms with Gasteiger partial charge in [-0.3, -0.25) is 14.2 Å². The Kier molecular flexibility index (Phi) is 6.74. The number of hydrogen-bond acceptors (Lipinski definition) is 6. The lowest BCUT2D eigenvalue weighted by atomic mass is 10.1. The maximum Gasteiger partial charge on any atom is 0.263 e. The number of hydrogen-bond donors (Lipinski definition) is 1. The van der Waals surface area contributed by atoms with Gasteiger partial charge in [-0.05, 0) is 50.6 Å². The predicted molar refractivity (Wildman–Crippen MR) is 131 cm³/mol. The number of nitrogens with one attached hydrogen (secondary N) is 1. The monoisotopic (exact) mass is 463 g/mol. The highest BCUT2D eigenvalue weighted by Gasteiger charge is 2.21. The van der Waals surface area contributed by atoms with Gasteiger partial charge >= 0.3 is 0 Å². The molecule has 0 spiro atoms. The van der Waals surface area contributed by atoms with Crippen molar-refractivity contribution in [3.8, 4) is 22.6 Å². The van der Waals surface area contributed by atoms with Crippen molar-refractivity contribution in [1.82, 2.24) is 9.55 Å². The van der Waals surface area contributed by atoms with E-state index >= 15 is 0 Å². The molecule has 0 aliphatic rings. The molecule has 170 valence electrons. The Morgan fingerprint density at radius 1 is 1.09 bits per heavy atom. The fourth-order valence-corrected chi connectivity index (χ4v) is 4.45. The van der Waals surface area contributed by atoms with Gasteiger partial charge in [0.25, 0.3) is 5.56 Å². The summed E-state index contributed by atoms with van der Waals surface area (Å²) >= 11 is 1.40. The second-order valence-corrected chi connectivity index (χ2v) is 8.20. The van der Waals surface area contributed by atoms with Gasteiger partial charge in [0.05, 0.1) is 30.6 Å². The first-order valence-corrected chi connectivity index (χ1v) is 11.7. The molecular weight excluding hydrogens is 438 g/mol. The molecule has 1 N–H and O–H groups in total. The molecule has 1 unspecified atom stereocenters. The van der Waals surface area contributed by atoms with Crippen LogP contribution in [-0.4, -0.2) is 28.7 Å². The maximum atomic E-state index is 13.4. The number of anilines is 1. The Morgan fingerprint density at radius 3 is 2.55 bits per heavy atom. The summed E-state index contributed by atoms with van der Waals surface area (Å²) in [5.74, 6) is 1.02. The van der Waals surface area contributed by atoms with Crippen LogP contribution in [0.1, 0.15) is 26.8 Å². The van der Waals surface area contributed by atoms with Crippen molar-refractivity contribution in [2.24, 2.45) is 0 Å². The van der Waals surface area contributed by atoms with Crippen LogP contribution in [0.2, 0.25) is 0 Å². The molecule has 0 saturated carbocycles. The highest BCUT2D eigenvalue weighted by atomic mass is 32.1. The molecule has 4 aromatic rings. The van der Waals surface area contributed by atoms with E-state index < -0.39 is 6.04 Å². The number of rotatable bonds is 8. The third-order valence-corrected chi connectivity index (χ3v) is 6.12. The molecule has 0 aliphatic carbocycles. The first-order valence-electron chi connectivity index (χ1n) is 10.8. The van der Waals surface area contributed by atoms with Crippen molar-refractivity contribution in [2.45, 2.75) is 26.8 Å². The molecule has 33 heavy (non-hydrogen) atoms. The van der Waals surface area contributed by atoms with Crippen molar-refractivity contribution >= 4 is 33.1 Å². The summed E-state index contributed by atoms with van der Waals surface area (Å²) in [7, 11) is 0. The van der Waals surface area contributed by atoms with Crippen LogP contribution >= 0.6 is 11.3 Å². The van der Waals surface area contributed by atoms with E-state index in [-0.39, 0.29) is 11.5 Å². The van der Waals surface area contributed by atoms with Crippen LogP contribution in [0.3, 0.4) is 0 Å². The van der Waals surface area contributed by atoms with E-state index in [2.05, 4.69) is 10.3 Å². The summed E-state index contributed by atoms with van der Waals surface area (Å²) < 4.78 is 12.5. The van der Waals surface area contributed by atoms with Crippen molar-refractivity contribution in [3.05, 3.63) is 70.6 Å². The largest absolute Gasteiger partial charge is 0.494 e. The standard InChI is InChI=1S/C25H25N3O4S/c1-4-31-18-12-10-17(11-13-18)19-14-33-24-22(19)25(30)28(15-26-24)16(3)23(29)27-20-8-6-7-9-21(20)32-5-2/h6-16H,4-5H2,1-3H3,(H,27,29). The summed E-state index contributed by atoms with van der Waals surface area (Å²) in [5.41, 5.74) is 1.98. The van der Waals surface area contributed by atoms with Gasteiger partial charge in [0.1, 0.15) is 22.4 Å². The molecule has 0 bridgehead atoms. The van der Waals surface area contributed by atoms with Crippen LogP contribution in [0.4, 0.5) is 5.69 Å². The molecule has 2 aromatic heterocycles. The molecule has 0 saturated heterocycles. The average molecular weight is 464 g/mol. The van der Waals surface area contributed by atoms with Crippen LogP contribution in [0.5, 0.6) is 11.5 Å². The second kappa shape index (κ2) is 9.87. The molecule has 1 atom stereocenters. The van der Waals surface area contributed by atoms with E-state index in [0.29, 0.717) is 34.9 Å². The Morgan fingerprint density at radius 2 is 1.82 bits per heavy atom. The summed E-state index contributed by atoms with van der Waals surface area (Å²) in [6.07, 6.45) is 1.43. The Hall–Kier alpha value is -3.65. The third kappa shape index (κ3) is 4.61. The highest BCUT2D eigenvalue weighted by Crippen LogP contribution is 2.32. The van der Waals surface area contributed by atoms with Gasteiger partial charge in [0.2, 0.25) is 5.91 Å². The molecular formula is C25H25N3O4S. The van der Waals surface area contributed by atoms with Crippen molar-refractivity contribution in [3.63, 3.8) is 0 Å². The van der Waals surface area contributed by atoms with Crippen molar-refractivity contribution in [2.75, 3.05) is 18.5 Å². The second-order valence-electron chi connectivity index (χ2n) is 7.34. The van der Waals surface area contributed by atoms with Crippen LogP contribution in [0.25, 0.3) is 21.3 Å². The number of carbonyl (C=O) groups is 1. The first kappa shape index (κ1) is 22.5. The zero-order valence-corrected chi connectivity index (χ0v) is 19.5. The van der Waals surface area contributed by atoms with Crippen molar-refractivity contribution < 1.29 is 14.3 Å². The number of thiophene rings is 1. The number of fused-ring (bicyclic) bond motifs is 1. The number of aromatic nitrogens is 2. The van der Waals surface area contributed by atoms with E-state index in [1.807, 2.05) is 55.6 Å². The van der Waals surface area contributed by atoms with E-state index in [4.69, 9.17) is 9.47 Å². The van der Waals surface area contributed by atoms with Gasteiger partial charge in [-0.15, -0.1) is 11.3 Å². The minimum Gasteiger partial charge on any atom is -0.494 e. The zero-order chi connectivity index (χ0) is 23.4. The molecule has 7 nitrogen and oxygen atoms in total. The van der Waals surface area contributed by atoms with Gasteiger partial charge in [0.15, 0.2) is 0 Å². The predicted octanol–water partition coefficient (Wildman–Crippen LogP) is 5.12. The average Bonchev–Trinajstić information content (AvgIpc) is 3.26. The number of carbonyl (C=O) groups excluding carboxylic acids is 1. The molecule has 1 amide bonds. The van der Waals surface area contributed by atoms with Crippen LogP contribution in [0, 0.1) is 0 Å². The number of para-hydroxylation sites is 2. The Labute approximate surface area is 195 Å². The summed E-state index contributed by atoms with van der Waals surface area (Å²) in [5, 5.41) is 5.28. The zero-order valence-electron chi connectivity index (χ0n) is 18.7. The van der Waals surface area contributed by atoms with E-state index in [1.165, 1.54) is 22.2 Å². The lowest BCUT2D eigenvalue weighted by Gasteiger charge is -2.17. The first-order chi connectivity index (χ1) is 16.0. The van der Waals surface area contributed by atoms with E-state index in [1.54, 1.807) is 19.1 Å². The minimum absolute atomic E-state index is 0.258. The lowest BCUT2D eigenvalue weighted by Crippen LogP contribution is -2.31. The lowest BCUT2D eigenvalue weighted by molar-refractivity contribution is -0.118. The van der Waals surface area contributed by atoms with Crippen LogP contribution in [0.15, 0.2) is 65.0 Å². The number of amides is 1. The Balaban J connectivity index is 1.66. The van der Waals surface area contributed by atoms with Gasteiger partial charge in [0, 0.05) is 10.9 Å². The van der Waals surface area contributed by atoms with Gasteiger partial charge < -0.3 is 14.8 Å². The normalized spacial score (nSPS) is 11.8. The van der Waals surface area contributed by atoms with Gasteiger partial charge in [-0.2, -0.15) is 0 Å². The summed E-state index contributed by atoms with van der Waals surface area (Å²) in [6, 6.07) is 14.0. The number of benzene rings is 2. The Bertz CT molecular complexity index is 1330. The SMILES string of the molecule is CCOc1ccc(-c2csc3ncn(C(C)C(=O)Nc4ccccc4OCC)c(=O)c23)cc1. The van der Waals surface area contributed by atoms with Crippen LogP contribution in [-0.2, 0) is 4.79 Å². The summed E-state index contributed by atoms with van der Waals surface area (Å²) in [6.45, 7) is 6.56. The molecule has 8 heteroatoms. The fraction of sp³-hybridized carbons (Fsp3) is 0.240. The van der Waals surface area contributed by atoms with Gasteiger partial charge in [-0.25, -0.2) is 4.98 Å². The smallest absolute Gasteiger partial charge is 0.263 e. The highest BCUT2D eigenvalue weighted by molar-refractivity contribution is 7.17. The molecule has 0 aliphatic heterocycles. The topological polar surface area (TPSA) is 82.5 Å². The number of ether oxygens (including phenoxy) is 2. The third-order valence-electron chi connectivity index (χ3n) is 5.24. The van der Waals surface area contributed by atoms with E-state index in [0.717, 1.165) is 16.9 Å². The minimum atomic E-state index is -0.767. The molecule has 0 radical (unpaired) electrons. The summed E-state index contributed by atoms with van der Waals surface area (Å²) in [4.78, 5) is 31.5. The molecule has 2 heterocycles. The maximum absolute atomic E-state index is 13.4. The fourth-order valence-electron chi connectivity index (χ4n) is 3.55. The van der Waals surface area contributed by atoms with Gasteiger partial charge in [-0.1, -0.05) is 24.3 Å². The molecule has 2 aromatic carbocycles.